The normalized spacial score (nSPS) is 18.3. The van der Waals surface area contributed by atoms with E-state index in [9.17, 15) is 27.0 Å². The second-order valence-electron chi connectivity index (χ2n) is 11.7. The molecule has 5 aromatic carbocycles. The van der Waals surface area contributed by atoms with Crippen molar-refractivity contribution in [3.8, 4) is 0 Å². The third-order valence-electron chi connectivity index (χ3n) is 8.86. The van der Waals surface area contributed by atoms with Crippen molar-refractivity contribution in [2.24, 2.45) is 5.92 Å². The van der Waals surface area contributed by atoms with Crippen molar-refractivity contribution in [3.63, 3.8) is 0 Å². The Morgan fingerprint density at radius 1 is 0.857 bits per heavy atom. The maximum Gasteiger partial charge on any atom is 0.416 e. The van der Waals surface area contributed by atoms with E-state index in [1.807, 2.05) is 30.3 Å². The molecular formula is C38H25F3N2O5S. The minimum absolute atomic E-state index is 0.0689. The van der Waals surface area contributed by atoms with Crippen LogP contribution in [0.15, 0.2) is 121 Å². The van der Waals surface area contributed by atoms with Crippen LogP contribution >= 0.6 is 0 Å². The van der Waals surface area contributed by atoms with Crippen molar-refractivity contribution in [2.45, 2.75) is 23.1 Å². The van der Waals surface area contributed by atoms with E-state index >= 15 is 4.79 Å². The molecule has 244 valence electrons. The Balaban J connectivity index is 1.52. The van der Waals surface area contributed by atoms with Gasteiger partial charge in [0.2, 0.25) is 5.60 Å². The van der Waals surface area contributed by atoms with Crippen LogP contribution < -0.4 is 0 Å². The zero-order valence-electron chi connectivity index (χ0n) is 25.7. The Kier molecular flexibility index (Phi) is 7.95. The van der Waals surface area contributed by atoms with Gasteiger partial charge < -0.3 is 4.74 Å². The summed E-state index contributed by atoms with van der Waals surface area (Å²) in [5, 5.41) is 2.92. The number of ketones is 2. The van der Waals surface area contributed by atoms with Gasteiger partial charge >= 0.3 is 12.1 Å². The van der Waals surface area contributed by atoms with Crippen molar-refractivity contribution in [1.29, 1.82) is 0 Å². The van der Waals surface area contributed by atoms with Gasteiger partial charge in [-0.25, -0.2) is 14.8 Å². The summed E-state index contributed by atoms with van der Waals surface area (Å²) >= 11 is 0. The van der Waals surface area contributed by atoms with Crippen LogP contribution in [0.25, 0.3) is 21.5 Å². The van der Waals surface area contributed by atoms with Gasteiger partial charge in [0, 0.05) is 51.0 Å². The number of Topliss-reactive ketones (excluding diaryl/α,β-unsaturated/α-hetero) is 2. The molecule has 0 spiro atoms. The number of fused-ring (bicyclic) bond motifs is 5. The largest absolute Gasteiger partial charge is 0.437 e. The molecule has 1 heterocycles. The molecule has 7 nitrogen and oxygen atoms in total. The van der Waals surface area contributed by atoms with E-state index in [4.69, 9.17) is 4.74 Å². The number of benzene rings is 5. The zero-order chi connectivity index (χ0) is 34.5. The van der Waals surface area contributed by atoms with Crippen LogP contribution in [0.5, 0.6) is 0 Å². The van der Waals surface area contributed by atoms with Gasteiger partial charge in [0.25, 0.3) is 0 Å². The number of esters is 1. The van der Waals surface area contributed by atoms with Crippen molar-refractivity contribution in [1.82, 2.24) is 9.97 Å². The molecule has 0 saturated carbocycles. The second kappa shape index (κ2) is 12.2. The monoisotopic (exact) mass is 678 g/mol. The number of carbonyl (C=O) groups is 3. The number of aromatic nitrogens is 2. The zero-order valence-corrected chi connectivity index (χ0v) is 26.5. The summed E-state index contributed by atoms with van der Waals surface area (Å²) in [7, 11) is -1.39. The highest BCUT2D eigenvalue weighted by Crippen LogP contribution is 2.48. The molecule has 0 bridgehead atoms. The molecule has 0 radical (unpaired) electrons. The van der Waals surface area contributed by atoms with Crippen molar-refractivity contribution in [2.75, 3.05) is 6.26 Å². The van der Waals surface area contributed by atoms with Gasteiger partial charge in [-0.15, -0.1) is 0 Å². The summed E-state index contributed by atoms with van der Waals surface area (Å²) in [6.07, 6.45) is 0.101. The average molecular weight is 679 g/mol. The molecule has 49 heavy (non-hydrogen) atoms. The lowest BCUT2D eigenvalue weighted by molar-refractivity contribution is -0.139. The minimum Gasteiger partial charge on any atom is -0.437 e. The Morgan fingerprint density at radius 2 is 1.57 bits per heavy atom. The van der Waals surface area contributed by atoms with E-state index in [0.29, 0.717) is 15.7 Å². The fraction of sp³-hybridized carbons (Fsp3) is 0.132. The summed E-state index contributed by atoms with van der Waals surface area (Å²) in [4.78, 5) is 51.7. The first-order chi connectivity index (χ1) is 23.5. The van der Waals surface area contributed by atoms with Crippen LogP contribution in [0.2, 0.25) is 0 Å². The third kappa shape index (κ3) is 5.49. The predicted octanol–water partition coefficient (Wildman–Crippen LogP) is 7.26. The molecule has 0 saturated heterocycles. The first kappa shape index (κ1) is 32.0. The Morgan fingerprint density at radius 3 is 2.29 bits per heavy atom. The highest BCUT2D eigenvalue weighted by Gasteiger charge is 2.56. The number of carbonyl (C=O) groups excluding carboxylic acids is 3. The summed E-state index contributed by atoms with van der Waals surface area (Å²) in [5.74, 6) is -3.96. The Bertz CT molecular complexity index is 2330. The van der Waals surface area contributed by atoms with E-state index in [2.05, 4.69) is 9.97 Å². The molecular weight excluding hydrogens is 653 g/mol. The van der Waals surface area contributed by atoms with E-state index in [1.165, 1.54) is 61.4 Å². The number of nitrogens with zero attached hydrogens (tertiary/aromatic N) is 2. The number of ether oxygens (including phenoxy) is 1. The first-order valence-corrected chi connectivity index (χ1v) is 16.7. The van der Waals surface area contributed by atoms with Gasteiger partial charge in [-0.3, -0.25) is 13.8 Å². The molecule has 7 rings (SSSR count). The van der Waals surface area contributed by atoms with E-state index in [0.717, 1.165) is 22.9 Å². The molecule has 11 heteroatoms. The van der Waals surface area contributed by atoms with E-state index < -0.39 is 58.0 Å². The summed E-state index contributed by atoms with van der Waals surface area (Å²) < 4.78 is 59.7. The minimum atomic E-state index is -4.65. The molecule has 6 aromatic rings. The van der Waals surface area contributed by atoms with Crippen molar-refractivity contribution >= 4 is 49.9 Å². The lowest BCUT2D eigenvalue weighted by Crippen LogP contribution is -2.52. The smallest absolute Gasteiger partial charge is 0.416 e. The van der Waals surface area contributed by atoms with Gasteiger partial charge in [-0.2, -0.15) is 13.2 Å². The van der Waals surface area contributed by atoms with E-state index in [-0.39, 0.29) is 27.8 Å². The topological polar surface area (TPSA) is 103 Å². The van der Waals surface area contributed by atoms with Gasteiger partial charge in [0.05, 0.1) is 17.0 Å². The van der Waals surface area contributed by atoms with Crippen LogP contribution in [0.4, 0.5) is 13.2 Å². The summed E-state index contributed by atoms with van der Waals surface area (Å²) in [6, 6.07) is 25.0. The maximum atomic E-state index is 15.0. The quantitative estimate of drug-likeness (QED) is 0.104. The van der Waals surface area contributed by atoms with E-state index in [1.54, 1.807) is 18.2 Å². The molecule has 3 unspecified atom stereocenters. The molecule has 0 aliphatic heterocycles. The number of rotatable bonds is 6. The SMILES string of the molecule is CS(=O)c1ccc(C2(OC(=O)c3cncnc3)C(=O)C(Cc3cccc(C(F)(F)F)c3)C(=O)c3c2ccc2c3ccc3ccccc32)cc1. The number of hydrogen-bond donors (Lipinski definition) is 0. The van der Waals surface area contributed by atoms with Gasteiger partial charge in [0.1, 0.15) is 6.33 Å². The third-order valence-corrected chi connectivity index (χ3v) is 9.80. The summed E-state index contributed by atoms with van der Waals surface area (Å²) in [6.45, 7) is 0. The maximum absolute atomic E-state index is 15.0. The van der Waals surface area contributed by atoms with Crippen LogP contribution in [0, 0.1) is 5.92 Å². The predicted molar refractivity (Wildman–Crippen MR) is 176 cm³/mol. The molecule has 0 fully saturated rings. The Labute approximate surface area is 280 Å². The van der Waals surface area contributed by atoms with Crippen molar-refractivity contribution < 1.29 is 36.5 Å². The van der Waals surface area contributed by atoms with Crippen LogP contribution in [0.3, 0.4) is 0 Å². The highest BCUT2D eigenvalue weighted by atomic mass is 32.2. The van der Waals surface area contributed by atoms with Gasteiger partial charge in [-0.05, 0) is 51.7 Å². The van der Waals surface area contributed by atoms with Gasteiger partial charge in [-0.1, -0.05) is 78.9 Å². The van der Waals surface area contributed by atoms with Crippen LogP contribution in [-0.2, 0) is 38.5 Å². The number of alkyl halides is 3. The van der Waals surface area contributed by atoms with Crippen LogP contribution in [-0.4, -0.2) is 38.0 Å². The highest BCUT2D eigenvalue weighted by molar-refractivity contribution is 7.84. The van der Waals surface area contributed by atoms with Crippen LogP contribution in [0.1, 0.15) is 43.0 Å². The van der Waals surface area contributed by atoms with Crippen molar-refractivity contribution in [3.05, 3.63) is 149 Å². The standard InChI is InChI=1S/C38H25F3N2O5S/c1-49(47)27-12-10-25(11-13-27)37(48-36(46)24-19-42-21-43-20-24)32-16-15-29-28-8-3-2-6-23(28)9-14-30(29)33(32)34(44)31(35(37)45)18-22-5-4-7-26(17-22)38(39,40)41/h2-17,19-21,31H,18H2,1H3. The number of hydrogen-bond acceptors (Lipinski definition) is 7. The fourth-order valence-corrected chi connectivity index (χ4v) is 7.08. The molecule has 1 aliphatic carbocycles. The molecule has 1 aromatic heterocycles. The molecule has 0 amide bonds. The molecule has 3 atom stereocenters. The molecule has 1 aliphatic rings. The summed E-state index contributed by atoms with van der Waals surface area (Å²) in [5.41, 5.74) is -2.76. The lowest BCUT2D eigenvalue weighted by atomic mass is 9.66. The fourth-order valence-electron chi connectivity index (χ4n) is 6.56. The van der Waals surface area contributed by atoms with Gasteiger partial charge in [0.15, 0.2) is 11.6 Å². The number of halogens is 3. The lowest BCUT2D eigenvalue weighted by Gasteiger charge is -2.40. The first-order valence-electron chi connectivity index (χ1n) is 15.1. The average Bonchev–Trinajstić information content (AvgIpc) is 3.11. The Hall–Kier alpha value is -5.55. The molecule has 0 N–H and O–H groups in total. The second-order valence-corrected chi connectivity index (χ2v) is 13.1.